The van der Waals surface area contributed by atoms with Gasteiger partial charge in [0, 0.05) is 33.8 Å². The van der Waals surface area contributed by atoms with Crippen LogP contribution in [-0.4, -0.2) is 0 Å². The van der Waals surface area contributed by atoms with Crippen molar-refractivity contribution in [2.75, 3.05) is 9.80 Å². The van der Waals surface area contributed by atoms with Crippen LogP contribution in [0.2, 0.25) is 0 Å². The van der Waals surface area contributed by atoms with Gasteiger partial charge in [-0.2, -0.15) is 0 Å². The molecule has 0 unspecified atom stereocenters. The number of aryl methyl sites for hydroxylation is 8. The van der Waals surface area contributed by atoms with Gasteiger partial charge in [0.2, 0.25) is 0 Å². The van der Waals surface area contributed by atoms with E-state index in [1.807, 2.05) is 0 Å². The molecule has 8 aromatic rings. The fourth-order valence-electron chi connectivity index (χ4n) is 8.62. The van der Waals surface area contributed by atoms with E-state index < -0.39 is 0 Å². The Hall–Kier alpha value is -6.64. The molecule has 2 nitrogen and oxygen atoms in total. The predicted octanol–water partition coefficient (Wildman–Crippen LogP) is 16.1. The van der Waals surface area contributed by atoms with E-state index in [4.69, 9.17) is 0 Å². The Labute approximate surface area is 345 Å². The highest BCUT2D eigenvalue weighted by atomic mass is 15.1. The van der Waals surface area contributed by atoms with Crippen LogP contribution in [0, 0.1) is 55.4 Å². The zero-order chi connectivity index (χ0) is 40.5. The lowest BCUT2D eigenvalue weighted by atomic mass is 9.95. The van der Waals surface area contributed by atoms with Crippen LogP contribution >= 0.6 is 0 Å². The number of rotatable bonds is 9. The van der Waals surface area contributed by atoms with Crippen molar-refractivity contribution < 1.29 is 0 Å². The van der Waals surface area contributed by atoms with Gasteiger partial charge in [-0.15, -0.1) is 0 Å². The molecule has 0 heterocycles. The Morgan fingerprint density at radius 2 is 0.672 bits per heavy atom. The fraction of sp³-hybridized carbons (Fsp3) is 0.143. The number of fused-ring (bicyclic) bond motifs is 1. The van der Waals surface area contributed by atoms with Crippen LogP contribution in [-0.2, 0) is 0 Å². The first-order chi connectivity index (χ1) is 28.0. The Balaban J connectivity index is 1.09. The summed E-state index contributed by atoms with van der Waals surface area (Å²) in [6.45, 7) is 17.4. The average molecular weight is 753 g/mol. The summed E-state index contributed by atoms with van der Waals surface area (Å²) in [5, 5.41) is 2.46. The first kappa shape index (κ1) is 38.2. The number of anilines is 6. The zero-order valence-corrected chi connectivity index (χ0v) is 35.1. The van der Waals surface area contributed by atoms with Crippen LogP contribution in [0.4, 0.5) is 34.1 Å². The van der Waals surface area contributed by atoms with Crippen molar-refractivity contribution in [2.24, 2.45) is 0 Å². The number of nitrogens with zero attached hydrogens (tertiary/aromatic N) is 2. The second kappa shape index (κ2) is 16.1. The Kier molecular flexibility index (Phi) is 10.6. The molecule has 0 radical (unpaired) electrons. The summed E-state index contributed by atoms with van der Waals surface area (Å²) in [6.07, 6.45) is 4.41. The van der Waals surface area contributed by atoms with Crippen molar-refractivity contribution in [3.63, 3.8) is 0 Å². The lowest BCUT2D eigenvalue weighted by Gasteiger charge is -2.29. The molecular formula is C56H52N2. The summed E-state index contributed by atoms with van der Waals surface area (Å²) >= 11 is 0. The van der Waals surface area contributed by atoms with E-state index in [0.717, 1.165) is 16.8 Å². The van der Waals surface area contributed by atoms with Crippen molar-refractivity contribution in [2.45, 2.75) is 55.4 Å². The van der Waals surface area contributed by atoms with Gasteiger partial charge in [0.25, 0.3) is 0 Å². The maximum absolute atomic E-state index is 2.43. The minimum Gasteiger partial charge on any atom is -0.310 e. The van der Waals surface area contributed by atoms with Gasteiger partial charge in [-0.1, -0.05) is 103 Å². The van der Waals surface area contributed by atoms with E-state index in [0.29, 0.717) is 0 Å². The minimum absolute atomic E-state index is 1.14. The summed E-state index contributed by atoms with van der Waals surface area (Å²) in [6, 6.07) is 58.5. The number of hydrogen-bond donors (Lipinski definition) is 0. The Morgan fingerprint density at radius 1 is 0.310 bits per heavy atom. The highest BCUT2D eigenvalue weighted by Gasteiger charge is 2.19. The maximum atomic E-state index is 2.43. The van der Waals surface area contributed by atoms with E-state index in [1.54, 1.807) is 0 Å². The molecule has 0 aliphatic carbocycles. The summed E-state index contributed by atoms with van der Waals surface area (Å²) < 4.78 is 0. The number of hydrogen-bond acceptors (Lipinski definition) is 2. The van der Waals surface area contributed by atoms with E-state index in [9.17, 15) is 0 Å². The molecule has 0 amide bonds. The van der Waals surface area contributed by atoms with Crippen LogP contribution < -0.4 is 9.80 Å². The lowest BCUT2D eigenvalue weighted by Crippen LogP contribution is -2.11. The van der Waals surface area contributed by atoms with Crippen molar-refractivity contribution in [3.05, 3.63) is 213 Å². The van der Waals surface area contributed by atoms with Gasteiger partial charge in [0.05, 0.1) is 5.69 Å². The van der Waals surface area contributed by atoms with Gasteiger partial charge in [-0.25, -0.2) is 0 Å². The molecular weight excluding hydrogens is 701 g/mol. The smallest absolute Gasteiger partial charge is 0.0540 e. The van der Waals surface area contributed by atoms with Gasteiger partial charge in [0.15, 0.2) is 0 Å². The molecule has 0 saturated heterocycles. The molecule has 0 N–H and O–H groups in total. The molecule has 2 heteroatoms. The highest BCUT2D eigenvalue weighted by molar-refractivity contribution is 6.06. The summed E-state index contributed by atoms with van der Waals surface area (Å²) in [7, 11) is 0. The van der Waals surface area contributed by atoms with Crippen molar-refractivity contribution in [3.8, 4) is 11.1 Å². The maximum Gasteiger partial charge on any atom is 0.0540 e. The van der Waals surface area contributed by atoms with E-state index in [2.05, 4.69) is 235 Å². The first-order valence-electron chi connectivity index (χ1n) is 20.3. The van der Waals surface area contributed by atoms with Gasteiger partial charge < -0.3 is 9.80 Å². The van der Waals surface area contributed by atoms with Gasteiger partial charge in [-0.3, -0.25) is 0 Å². The molecule has 0 atom stereocenters. The van der Waals surface area contributed by atoms with Gasteiger partial charge >= 0.3 is 0 Å². The molecule has 0 spiro atoms. The number of benzene rings is 8. The summed E-state index contributed by atoms with van der Waals surface area (Å²) in [5.41, 5.74) is 21.8. The summed E-state index contributed by atoms with van der Waals surface area (Å²) in [4.78, 5) is 4.80. The predicted molar refractivity (Wildman–Crippen MR) is 252 cm³/mol. The molecule has 8 rings (SSSR count). The normalized spacial score (nSPS) is 11.4. The standard InChI is InChI=1S/C56H52N2/c1-37-25-38(2)30-49(29-37)57(50-31-39(3)26-40(4)32-50)48-21-17-46(18-22-48)14-13-45-15-19-47(20-16-45)53-23-24-56(55-12-10-9-11-54(53)55)58(51-33-41(5)27-42(6)34-51)52-35-43(7)28-44(8)36-52/h9-36H,1-8H3. The van der Waals surface area contributed by atoms with Crippen LogP contribution in [0.25, 0.3) is 34.1 Å². The molecule has 0 aromatic heterocycles. The largest absolute Gasteiger partial charge is 0.310 e. The third-order valence-electron chi connectivity index (χ3n) is 10.8. The zero-order valence-electron chi connectivity index (χ0n) is 35.1. The third-order valence-corrected chi connectivity index (χ3v) is 10.8. The highest BCUT2D eigenvalue weighted by Crippen LogP contribution is 2.43. The van der Waals surface area contributed by atoms with Gasteiger partial charge in [-0.05, 0) is 194 Å². The second-order valence-electron chi connectivity index (χ2n) is 16.3. The van der Waals surface area contributed by atoms with Gasteiger partial charge in [0.1, 0.15) is 0 Å². The molecule has 286 valence electrons. The van der Waals surface area contributed by atoms with Crippen LogP contribution in [0.15, 0.2) is 158 Å². The van der Waals surface area contributed by atoms with E-state index >= 15 is 0 Å². The summed E-state index contributed by atoms with van der Waals surface area (Å²) in [5.74, 6) is 0. The fourth-order valence-corrected chi connectivity index (χ4v) is 8.62. The third kappa shape index (κ3) is 8.24. The molecule has 58 heavy (non-hydrogen) atoms. The van der Waals surface area contributed by atoms with Crippen molar-refractivity contribution in [1.29, 1.82) is 0 Å². The second-order valence-corrected chi connectivity index (χ2v) is 16.3. The van der Waals surface area contributed by atoms with Crippen LogP contribution in [0.5, 0.6) is 0 Å². The molecule has 0 saturated carbocycles. The van der Waals surface area contributed by atoms with E-state index in [1.165, 1.54) is 94.8 Å². The molecule has 8 aromatic carbocycles. The average Bonchev–Trinajstić information content (AvgIpc) is 3.17. The van der Waals surface area contributed by atoms with Crippen molar-refractivity contribution >= 4 is 57.0 Å². The molecule has 0 fully saturated rings. The Bertz CT molecular complexity index is 2620. The monoisotopic (exact) mass is 752 g/mol. The quantitative estimate of drug-likeness (QED) is 0.136. The van der Waals surface area contributed by atoms with E-state index in [-0.39, 0.29) is 0 Å². The molecule has 0 aliphatic rings. The SMILES string of the molecule is Cc1cc(C)cc(N(c2ccc(C=Cc3ccc(-c4ccc(N(c5cc(C)cc(C)c5)c5cc(C)cc(C)c5)c5ccccc45)cc3)cc2)c2cc(C)cc(C)c2)c1. The lowest BCUT2D eigenvalue weighted by molar-refractivity contribution is 1.23. The topological polar surface area (TPSA) is 6.48 Å². The molecule has 0 bridgehead atoms. The molecule has 0 aliphatic heterocycles. The Morgan fingerprint density at radius 3 is 1.09 bits per heavy atom. The minimum atomic E-state index is 1.14. The van der Waals surface area contributed by atoms with Crippen LogP contribution in [0.1, 0.15) is 55.6 Å². The first-order valence-corrected chi connectivity index (χ1v) is 20.3. The van der Waals surface area contributed by atoms with Crippen molar-refractivity contribution in [1.82, 2.24) is 0 Å². The van der Waals surface area contributed by atoms with Crippen LogP contribution in [0.3, 0.4) is 0 Å².